The Morgan fingerprint density at radius 2 is 0.541 bits per heavy atom. The van der Waals surface area contributed by atoms with Crippen molar-refractivity contribution in [3.63, 3.8) is 0 Å². The first-order chi connectivity index (χ1) is 36.5. The number of hydrogen-bond donors (Lipinski definition) is 0. The van der Waals surface area contributed by atoms with Crippen LogP contribution in [0.2, 0.25) is 0 Å². The molecule has 0 amide bonds. The molecule has 0 aromatic rings. The first kappa shape index (κ1) is 70.1. The van der Waals surface area contributed by atoms with Gasteiger partial charge in [-0.1, -0.05) is 278 Å². The number of unbranched alkanes of at least 4 members (excludes halogenated alkanes) is 26. The molecule has 0 rings (SSSR count). The van der Waals surface area contributed by atoms with E-state index >= 15 is 0 Å². The number of hydrogen-bond acceptors (Lipinski definition) is 6. The van der Waals surface area contributed by atoms with Gasteiger partial charge in [0, 0.05) is 19.3 Å². The van der Waals surface area contributed by atoms with Crippen molar-refractivity contribution >= 4 is 17.9 Å². The van der Waals surface area contributed by atoms with Crippen LogP contribution < -0.4 is 0 Å². The van der Waals surface area contributed by atoms with E-state index in [9.17, 15) is 14.4 Å². The van der Waals surface area contributed by atoms with Crippen LogP contribution in [0.5, 0.6) is 0 Å². The van der Waals surface area contributed by atoms with E-state index < -0.39 is 6.10 Å². The third kappa shape index (κ3) is 59.0. The van der Waals surface area contributed by atoms with Crippen LogP contribution in [0.3, 0.4) is 0 Å². The zero-order chi connectivity index (χ0) is 53.6. The minimum atomic E-state index is -0.803. The molecule has 0 bridgehead atoms. The highest BCUT2D eigenvalue weighted by atomic mass is 16.6. The van der Waals surface area contributed by atoms with E-state index in [2.05, 4.69) is 130 Å². The van der Waals surface area contributed by atoms with Crippen molar-refractivity contribution < 1.29 is 28.6 Å². The second-order valence-corrected chi connectivity index (χ2v) is 20.2. The molecule has 0 fully saturated rings. The molecule has 1 unspecified atom stereocenters. The van der Waals surface area contributed by atoms with Gasteiger partial charge in [0.05, 0.1) is 0 Å². The fourth-order valence-corrected chi connectivity index (χ4v) is 8.47. The predicted octanol–water partition coefficient (Wildman–Crippen LogP) is 21.0. The summed E-state index contributed by atoms with van der Waals surface area (Å²) in [4.78, 5) is 37.9. The van der Waals surface area contributed by atoms with Gasteiger partial charge >= 0.3 is 17.9 Å². The molecule has 0 radical (unpaired) electrons. The summed E-state index contributed by atoms with van der Waals surface area (Å²) in [6, 6.07) is 0. The fourth-order valence-electron chi connectivity index (χ4n) is 8.47. The summed E-state index contributed by atoms with van der Waals surface area (Å²) in [5.41, 5.74) is 0. The highest BCUT2D eigenvalue weighted by molar-refractivity contribution is 5.71. The molecule has 6 heteroatoms. The van der Waals surface area contributed by atoms with Crippen molar-refractivity contribution in [3.05, 3.63) is 109 Å². The van der Waals surface area contributed by atoms with Gasteiger partial charge in [0.2, 0.25) is 0 Å². The van der Waals surface area contributed by atoms with Crippen molar-refractivity contribution in [1.82, 2.24) is 0 Å². The van der Waals surface area contributed by atoms with E-state index in [-0.39, 0.29) is 37.5 Å². The average molecular weight is 1030 g/mol. The third-order valence-electron chi connectivity index (χ3n) is 13.0. The Hall–Kier alpha value is -3.93. The third-order valence-corrected chi connectivity index (χ3v) is 13.0. The fraction of sp³-hybridized carbons (Fsp3) is 0.691. The standard InChI is InChI=1S/C68H114O6/c1-4-7-10-13-16-18-20-22-24-26-27-28-29-30-31-32-33-34-35-36-37-38-39-40-41-43-44-46-48-50-52-55-58-61-67(70)73-64-65(63-72-66(69)60-57-54-15-12-9-6-3)74-68(71)62-59-56-53-51-49-47-45-42-25-23-21-19-17-14-11-8-5-2/h7-8,10-11,16-19,22-25,27-28,45,47,51,53,65H,4-6,9,12-15,20-21,26,29-44,46,48-50,52,54-64H2,1-3H3/b10-7-,11-8-,18-16-,19-17-,24-22-,25-23-,28-27-,47-45-,53-51-. The Morgan fingerprint density at radius 3 is 0.865 bits per heavy atom. The Labute approximate surface area is 457 Å². The maximum atomic E-state index is 12.8. The molecule has 74 heavy (non-hydrogen) atoms. The second kappa shape index (κ2) is 61.6. The molecule has 0 aliphatic rings. The van der Waals surface area contributed by atoms with Gasteiger partial charge in [0.1, 0.15) is 13.2 Å². The smallest absolute Gasteiger partial charge is 0.306 e. The van der Waals surface area contributed by atoms with Gasteiger partial charge in [0.25, 0.3) is 0 Å². The molecule has 0 spiro atoms. The summed E-state index contributed by atoms with van der Waals surface area (Å²) in [7, 11) is 0. The number of carbonyl (C=O) groups is 3. The van der Waals surface area contributed by atoms with E-state index in [0.29, 0.717) is 19.3 Å². The van der Waals surface area contributed by atoms with Crippen LogP contribution >= 0.6 is 0 Å². The molecule has 0 aliphatic heterocycles. The normalized spacial score (nSPS) is 12.9. The first-order valence-corrected chi connectivity index (χ1v) is 30.9. The highest BCUT2D eigenvalue weighted by Crippen LogP contribution is 2.16. The quantitative estimate of drug-likeness (QED) is 0.0261. The van der Waals surface area contributed by atoms with E-state index in [1.54, 1.807) is 0 Å². The Balaban J connectivity index is 4.03. The average Bonchev–Trinajstić information content (AvgIpc) is 3.40. The zero-order valence-corrected chi connectivity index (χ0v) is 48.3. The van der Waals surface area contributed by atoms with Crippen LogP contribution in [0.25, 0.3) is 0 Å². The van der Waals surface area contributed by atoms with Crippen LogP contribution in [0.4, 0.5) is 0 Å². The lowest BCUT2D eigenvalue weighted by molar-refractivity contribution is -0.167. The summed E-state index contributed by atoms with van der Waals surface area (Å²) in [5.74, 6) is -0.963. The molecule has 0 aliphatic carbocycles. The van der Waals surface area contributed by atoms with E-state index in [1.807, 2.05) is 0 Å². The minimum Gasteiger partial charge on any atom is -0.462 e. The molecule has 6 nitrogen and oxygen atoms in total. The maximum Gasteiger partial charge on any atom is 0.306 e. The van der Waals surface area contributed by atoms with Gasteiger partial charge in [-0.05, 0) is 96.3 Å². The Kier molecular flexibility index (Phi) is 58.3. The van der Waals surface area contributed by atoms with Gasteiger partial charge in [-0.3, -0.25) is 14.4 Å². The largest absolute Gasteiger partial charge is 0.462 e. The lowest BCUT2D eigenvalue weighted by atomic mass is 10.0. The van der Waals surface area contributed by atoms with Crippen molar-refractivity contribution in [2.45, 2.75) is 290 Å². The molecule has 0 heterocycles. The van der Waals surface area contributed by atoms with Crippen LogP contribution in [0, 0.1) is 0 Å². The number of ether oxygens (including phenoxy) is 3. The van der Waals surface area contributed by atoms with Crippen molar-refractivity contribution in [2.75, 3.05) is 13.2 Å². The molecule has 0 N–H and O–H groups in total. The van der Waals surface area contributed by atoms with E-state index in [1.165, 1.54) is 135 Å². The maximum absolute atomic E-state index is 12.8. The molecule has 0 aromatic carbocycles. The van der Waals surface area contributed by atoms with Crippen molar-refractivity contribution in [1.29, 1.82) is 0 Å². The van der Waals surface area contributed by atoms with Gasteiger partial charge in [-0.2, -0.15) is 0 Å². The molecule has 0 aromatic heterocycles. The van der Waals surface area contributed by atoms with Gasteiger partial charge in [-0.15, -0.1) is 0 Å². The highest BCUT2D eigenvalue weighted by Gasteiger charge is 2.19. The lowest BCUT2D eigenvalue weighted by Gasteiger charge is -2.18. The second-order valence-electron chi connectivity index (χ2n) is 20.2. The minimum absolute atomic E-state index is 0.0983. The Bertz CT molecular complexity index is 1510. The van der Waals surface area contributed by atoms with Crippen molar-refractivity contribution in [2.24, 2.45) is 0 Å². The molecule has 0 saturated heterocycles. The monoisotopic (exact) mass is 1030 g/mol. The van der Waals surface area contributed by atoms with E-state index in [0.717, 1.165) is 103 Å². The topological polar surface area (TPSA) is 78.9 Å². The van der Waals surface area contributed by atoms with Crippen LogP contribution in [-0.2, 0) is 28.6 Å². The van der Waals surface area contributed by atoms with Crippen LogP contribution in [0.15, 0.2) is 109 Å². The number of carbonyl (C=O) groups excluding carboxylic acids is 3. The number of allylic oxidation sites excluding steroid dienone is 18. The summed E-state index contributed by atoms with van der Waals surface area (Å²) in [6.07, 6.45) is 84.4. The van der Waals surface area contributed by atoms with E-state index in [4.69, 9.17) is 14.2 Å². The van der Waals surface area contributed by atoms with Gasteiger partial charge in [-0.25, -0.2) is 0 Å². The summed E-state index contributed by atoms with van der Waals surface area (Å²) in [6.45, 7) is 6.31. The first-order valence-electron chi connectivity index (χ1n) is 30.9. The van der Waals surface area contributed by atoms with Gasteiger partial charge in [0.15, 0.2) is 6.10 Å². The summed E-state index contributed by atoms with van der Waals surface area (Å²) >= 11 is 0. The summed E-state index contributed by atoms with van der Waals surface area (Å²) < 4.78 is 16.7. The molecular formula is C68H114O6. The summed E-state index contributed by atoms with van der Waals surface area (Å²) in [5, 5.41) is 0. The molecular weight excluding hydrogens is 913 g/mol. The SMILES string of the molecule is CC/C=C\C/C=C\C/C=C\C/C=C\C/C=C\CCCC(=O)OC(COC(=O)CCCCCCCC)COC(=O)CCCCCCCCCCCCCCCCCCCCCC/C=C\C/C=C\C/C=C\C/C=C\CC. The van der Waals surface area contributed by atoms with Gasteiger partial charge < -0.3 is 14.2 Å². The zero-order valence-electron chi connectivity index (χ0n) is 48.3. The van der Waals surface area contributed by atoms with Crippen LogP contribution in [0.1, 0.15) is 284 Å². The number of rotatable bonds is 55. The molecule has 1 atom stereocenters. The van der Waals surface area contributed by atoms with Crippen molar-refractivity contribution in [3.8, 4) is 0 Å². The number of esters is 3. The van der Waals surface area contributed by atoms with Crippen LogP contribution in [-0.4, -0.2) is 37.2 Å². The molecule has 422 valence electrons. The molecule has 0 saturated carbocycles. The predicted molar refractivity (Wildman–Crippen MR) is 320 cm³/mol. The Morgan fingerprint density at radius 1 is 0.284 bits per heavy atom. The lowest BCUT2D eigenvalue weighted by Crippen LogP contribution is -2.30.